The highest BCUT2D eigenvalue weighted by Crippen LogP contribution is 2.31. The molecule has 0 bridgehead atoms. The highest BCUT2D eigenvalue weighted by molar-refractivity contribution is 7.22. The number of hydrogen-bond acceptors (Lipinski definition) is 7. The maximum atomic E-state index is 14.3. The molecule has 0 radical (unpaired) electrons. The van der Waals surface area contributed by atoms with Gasteiger partial charge in [-0.1, -0.05) is 23.5 Å². The van der Waals surface area contributed by atoms with Gasteiger partial charge in [0.2, 0.25) is 5.91 Å². The van der Waals surface area contributed by atoms with E-state index in [-0.39, 0.29) is 36.1 Å². The van der Waals surface area contributed by atoms with E-state index in [0.29, 0.717) is 35.6 Å². The summed E-state index contributed by atoms with van der Waals surface area (Å²) in [7, 11) is 0. The summed E-state index contributed by atoms with van der Waals surface area (Å²) in [6.45, 7) is 3.22. The lowest BCUT2D eigenvalue weighted by Crippen LogP contribution is -2.44. The molecule has 0 spiro atoms. The van der Waals surface area contributed by atoms with Crippen LogP contribution in [0.4, 0.5) is 13.9 Å². The summed E-state index contributed by atoms with van der Waals surface area (Å²) in [6.07, 6.45) is 0. The summed E-state index contributed by atoms with van der Waals surface area (Å²) < 4.78 is 40.1. The van der Waals surface area contributed by atoms with Crippen LogP contribution >= 0.6 is 23.7 Å². The van der Waals surface area contributed by atoms with E-state index in [1.165, 1.54) is 15.5 Å². The Morgan fingerprint density at radius 3 is 2.74 bits per heavy atom. The normalized spacial score (nSPS) is 14.4. The minimum atomic E-state index is -0.787. The molecule has 12 heteroatoms. The van der Waals surface area contributed by atoms with E-state index in [4.69, 9.17) is 9.15 Å². The average Bonchev–Trinajstić information content (AvgIpc) is 3.36. The van der Waals surface area contributed by atoms with E-state index < -0.39 is 23.3 Å². The third kappa shape index (κ3) is 4.83. The summed E-state index contributed by atoms with van der Waals surface area (Å²) in [4.78, 5) is 33.6. The Morgan fingerprint density at radius 1 is 1.18 bits per heavy atom. The molecule has 3 heterocycles. The molecular formula is C22H21ClF2N4O4S. The minimum absolute atomic E-state index is 0. The van der Waals surface area contributed by atoms with Crippen LogP contribution in [-0.2, 0) is 16.1 Å². The fraction of sp³-hybridized carbons (Fsp3) is 0.318. The molecule has 8 nitrogen and oxygen atoms in total. The number of amides is 1. The number of oxazole rings is 1. The first-order valence-electron chi connectivity index (χ1n) is 10.4. The highest BCUT2D eigenvalue weighted by atomic mass is 35.5. The predicted molar refractivity (Wildman–Crippen MR) is 127 cm³/mol. The van der Waals surface area contributed by atoms with Gasteiger partial charge in [0.05, 0.1) is 23.4 Å². The Balaban J connectivity index is 0.00000274. The van der Waals surface area contributed by atoms with E-state index in [9.17, 15) is 18.4 Å². The summed E-state index contributed by atoms with van der Waals surface area (Å²) in [5, 5.41) is 0.244. The number of para-hydroxylation sites is 2. The molecule has 5 rings (SSSR count). The molecule has 4 aromatic rings. The SMILES string of the molecule is Cl.O=C(Cn1c(=O)oc2ccccc21)N(CCN1CCOCC1)c1nc2c(F)cc(F)cc2s1. The van der Waals surface area contributed by atoms with E-state index in [1.54, 1.807) is 24.3 Å². The lowest BCUT2D eigenvalue weighted by atomic mass is 10.3. The van der Waals surface area contributed by atoms with Crippen LogP contribution in [0.3, 0.4) is 0 Å². The van der Waals surface area contributed by atoms with Crippen molar-refractivity contribution in [3.63, 3.8) is 0 Å². The molecule has 0 saturated carbocycles. The highest BCUT2D eigenvalue weighted by Gasteiger charge is 2.24. The summed E-state index contributed by atoms with van der Waals surface area (Å²) in [6, 6.07) is 8.79. The number of aromatic nitrogens is 2. The van der Waals surface area contributed by atoms with Crippen LogP contribution in [0, 0.1) is 11.6 Å². The number of carbonyl (C=O) groups is 1. The molecule has 1 aliphatic heterocycles. The van der Waals surface area contributed by atoms with Crippen molar-refractivity contribution in [1.82, 2.24) is 14.5 Å². The largest absolute Gasteiger partial charge is 0.420 e. The lowest BCUT2D eigenvalue weighted by Gasteiger charge is -2.29. The summed E-state index contributed by atoms with van der Waals surface area (Å²) in [5.74, 6) is -2.55. The van der Waals surface area contributed by atoms with Gasteiger partial charge in [0.25, 0.3) is 0 Å². The number of ether oxygens (including phenoxy) is 1. The predicted octanol–water partition coefficient (Wildman–Crippen LogP) is 3.27. The van der Waals surface area contributed by atoms with Gasteiger partial charge in [-0.3, -0.25) is 19.2 Å². The quantitative estimate of drug-likeness (QED) is 0.396. The second-order valence-corrected chi connectivity index (χ2v) is 8.66. The van der Waals surface area contributed by atoms with Crippen molar-refractivity contribution in [2.45, 2.75) is 6.54 Å². The molecule has 1 aliphatic rings. The molecular weight excluding hydrogens is 490 g/mol. The summed E-state index contributed by atoms with van der Waals surface area (Å²) >= 11 is 1.03. The molecule has 34 heavy (non-hydrogen) atoms. The zero-order chi connectivity index (χ0) is 22.9. The molecule has 2 aromatic carbocycles. The number of rotatable bonds is 6. The van der Waals surface area contributed by atoms with E-state index in [2.05, 4.69) is 9.88 Å². The van der Waals surface area contributed by atoms with Crippen molar-refractivity contribution in [2.24, 2.45) is 0 Å². The van der Waals surface area contributed by atoms with Gasteiger partial charge >= 0.3 is 5.76 Å². The van der Waals surface area contributed by atoms with Crippen LogP contribution in [0.25, 0.3) is 21.3 Å². The molecule has 180 valence electrons. The number of thiazole rings is 1. The Hall–Kier alpha value is -2.86. The lowest BCUT2D eigenvalue weighted by molar-refractivity contribution is -0.119. The average molecular weight is 511 g/mol. The zero-order valence-corrected chi connectivity index (χ0v) is 19.5. The van der Waals surface area contributed by atoms with Crippen molar-refractivity contribution >= 4 is 56.1 Å². The first kappa shape index (κ1) is 24.3. The molecule has 0 N–H and O–H groups in total. The molecule has 0 unspecified atom stereocenters. The van der Waals surface area contributed by atoms with Crippen molar-refractivity contribution in [2.75, 3.05) is 44.3 Å². The number of halogens is 3. The monoisotopic (exact) mass is 510 g/mol. The van der Waals surface area contributed by atoms with E-state index >= 15 is 0 Å². The Kier molecular flexibility index (Phi) is 7.27. The molecule has 0 atom stereocenters. The molecule has 2 aromatic heterocycles. The molecule has 1 fully saturated rings. The molecule has 1 amide bonds. The summed E-state index contributed by atoms with van der Waals surface area (Å²) in [5.41, 5.74) is 0.889. The Morgan fingerprint density at radius 2 is 1.94 bits per heavy atom. The Bertz CT molecular complexity index is 1380. The van der Waals surface area contributed by atoms with E-state index in [0.717, 1.165) is 30.5 Å². The second-order valence-electron chi connectivity index (χ2n) is 7.65. The van der Waals surface area contributed by atoms with Crippen LogP contribution in [0.5, 0.6) is 0 Å². The van der Waals surface area contributed by atoms with Crippen LogP contribution in [0.2, 0.25) is 0 Å². The second kappa shape index (κ2) is 10.2. The maximum absolute atomic E-state index is 14.3. The van der Waals surface area contributed by atoms with Crippen LogP contribution in [-0.4, -0.2) is 59.8 Å². The number of morpholine rings is 1. The molecule has 1 saturated heterocycles. The van der Waals surface area contributed by atoms with E-state index in [1.807, 2.05) is 0 Å². The number of benzene rings is 2. The first-order chi connectivity index (χ1) is 16.0. The van der Waals surface area contributed by atoms with Gasteiger partial charge < -0.3 is 9.15 Å². The van der Waals surface area contributed by atoms with Crippen LogP contribution < -0.4 is 10.7 Å². The van der Waals surface area contributed by atoms with Crippen molar-refractivity contribution in [1.29, 1.82) is 0 Å². The van der Waals surface area contributed by atoms with Crippen molar-refractivity contribution in [3.8, 4) is 0 Å². The Labute approximate surface area is 202 Å². The number of fused-ring (bicyclic) bond motifs is 2. The topological polar surface area (TPSA) is 80.8 Å². The van der Waals surface area contributed by atoms with Crippen LogP contribution in [0.1, 0.15) is 0 Å². The minimum Gasteiger partial charge on any atom is -0.408 e. The standard InChI is InChI=1S/C22H20F2N4O4S.ClH/c23-14-11-15(24)20-18(12-14)33-21(25-20)27(6-5-26-7-9-31-10-8-26)19(29)13-28-16-3-1-2-4-17(16)32-22(28)30;/h1-4,11-12H,5-10,13H2;1H. The number of hydrogen-bond donors (Lipinski definition) is 0. The maximum Gasteiger partial charge on any atom is 0.420 e. The van der Waals surface area contributed by atoms with Crippen molar-refractivity contribution < 1.29 is 22.7 Å². The third-order valence-corrected chi connectivity index (χ3v) is 6.57. The first-order valence-corrected chi connectivity index (χ1v) is 11.3. The molecule has 0 aliphatic carbocycles. The van der Waals surface area contributed by atoms with Crippen molar-refractivity contribution in [3.05, 3.63) is 58.6 Å². The van der Waals surface area contributed by atoms with Crippen LogP contribution in [0.15, 0.2) is 45.6 Å². The van der Waals surface area contributed by atoms with Gasteiger partial charge in [0.1, 0.15) is 17.9 Å². The van der Waals surface area contributed by atoms with Gasteiger partial charge in [0.15, 0.2) is 16.5 Å². The van der Waals surface area contributed by atoms with Gasteiger partial charge in [-0.05, 0) is 18.2 Å². The smallest absolute Gasteiger partial charge is 0.408 e. The fourth-order valence-corrected chi connectivity index (χ4v) is 4.89. The van der Waals surface area contributed by atoms with Gasteiger partial charge in [0, 0.05) is 32.2 Å². The number of anilines is 1. The van der Waals surface area contributed by atoms with Gasteiger partial charge in [-0.25, -0.2) is 18.6 Å². The number of carbonyl (C=O) groups excluding carboxylic acids is 1. The van der Waals surface area contributed by atoms with Gasteiger partial charge in [-0.15, -0.1) is 12.4 Å². The third-order valence-electron chi connectivity index (χ3n) is 5.54. The fourth-order valence-electron chi connectivity index (χ4n) is 3.84. The van der Waals surface area contributed by atoms with Gasteiger partial charge in [-0.2, -0.15) is 0 Å². The number of nitrogens with zero attached hydrogens (tertiary/aromatic N) is 4. The zero-order valence-electron chi connectivity index (χ0n) is 17.9.